The van der Waals surface area contributed by atoms with E-state index < -0.39 is 6.04 Å². The van der Waals surface area contributed by atoms with Gasteiger partial charge in [0.15, 0.2) is 0 Å². The van der Waals surface area contributed by atoms with Crippen molar-refractivity contribution in [1.29, 1.82) is 0 Å². The Bertz CT molecular complexity index is 421. The van der Waals surface area contributed by atoms with Gasteiger partial charge in [0.25, 0.3) is 0 Å². The highest BCUT2D eigenvalue weighted by atomic mass is 35.5. The van der Waals surface area contributed by atoms with E-state index in [0.29, 0.717) is 28.8 Å². The van der Waals surface area contributed by atoms with Gasteiger partial charge in [0.1, 0.15) is 5.75 Å². The van der Waals surface area contributed by atoms with Gasteiger partial charge in [-0.25, -0.2) is 0 Å². The lowest BCUT2D eigenvalue weighted by Gasteiger charge is -2.16. The summed E-state index contributed by atoms with van der Waals surface area (Å²) < 4.78 is 5.15. The molecule has 0 heterocycles. The predicted molar refractivity (Wildman–Crippen MR) is 74.1 cm³/mol. The molecular weight excluding hydrogens is 252 g/mol. The minimum Gasteiger partial charge on any atom is -0.495 e. The van der Waals surface area contributed by atoms with Gasteiger partial charge in [0.05, 0.1) is 18.8 Å². The van der Waals surface area contributed by atoms with Crippen LogP contribution >= 0.6 is 11.6 Å². The molecule has 1 aromatic carbocycles. The molecule has 0 aromatic heterocycles. The minimum atomic E-state index is -0.534. The number of hydrogen-bond acceptors (Lipinski definition) is 3. The molecule has 0 radical (unpaired) electrons. The number of methoxy groups -OCH3 is 1. The molecule has 1 rings (SSSR count). The number of amides is 1. The number of rotatable bonds is 5. The summed E-state index contributed by atoms with van der Waals surface area (Å²) in [6.07, 6.45) is 0.634. The monoisotopic (exact) mass is 270 g/mol. The van der Waals surface area contributed by atoms with E-state index in [1.54, 1.807) is 18.2 Å². The second-order valence-electron chi connectivity index (χ2n) is 4.57. The smallest absolute Gasteiger partial charge is 0.241 e. The Balaban J connectivity index is 2.77. The van der Waals surface area contributed by atoms with E-state index in [9.17, 15) is 4.79 Å². The third kappa shape index (κ3) is 4.20. The quantitative estimate of drug-likeness (QED) is 0.865. The number of hydrogen-bond donors (Lipinski definition) is 2. The van der Waals surface area contributed by atoms with Gasteiger partial charge < -0.3 is 15.8 Å². The normalized spacial score (nSPS) is 12.3. The molecule has 5 heteroatoms. The summed E-state index contributed by atoms with van der Waals surface area (Å²) in [6, 6.07) is 4.50. The van der Waals surface area contributed by atoms with Gasteiger partial charge >= 0.3 is 0 Å². The maximum atomic E-state index is 11.9. The number of nitrogens with one attached hydrogen (secondary N) is 1. The number of carbonyl (C=O) groups excluding carboxylic acids is 1. The van der Waals surface area contributed by atoms with Crippen LogP contribution in [0.4, 0.5) is 5.69 Å². The van der Waals surface area contributed by atoms with Gasteiger partial charge in [-0.3, -0.25) is 4.79 Å². The fourth-order valence-electron chi connectivity index (χ4n) is 1.62. The highest BCUT2D eigenvalue weighted by Gasteiger charge is 2.16. The highest BCUT2D eigenvalue weighted by Crippen LogP contribution is 2.27. The highest BCUT2D eigenvalue weighted by molar-refractivity contribution is 6.31. The molecule has 1 atom stereocenters. The van der Waals surface area contributed by atoms with Gasteiger partial charge in [0, 0.05) is 5.02 Å². The Morgan fingerprint density at radius 2 is 2.17 bits per heavy atom. The van der Waals surface area contributed by atoms with Crippen LogP contribution in [0.1, 0.15) is 20.3 Å². The van der Waals surface area contributed by atoms with E-state index >= 15 is 0 Å². The molecule has 1 aromatic rings. The van der Waals surface area contributed by atoms with Gasteiger partial charge in [0.2, 0.25) is 5.91 Å². The third-order valence-corrected chi connectivity index (χ3v) is 2.72. The van der Waals surface area contributed by atoms with E-state index in [-0.39, 0.29) is 5.91 Å². The second kappa shape index (κ2) is 6.61. The molecule has 0 aliphatic carbocycles. The Hall–Kier alpha value is -1.26. The van der Waals surface area contributed by atoms with E-state index in [1.807, 2.05) is 13.8 Å². The molecule has 0 unspecified atom stereocenters. The summed E-state index contributed by atoms with van der Waals surface area (Å²) >= 11 is 5.88. The lowest BCUT2D eigenvalue weighted by atomic mass is 10.0. The van der Waals surface area contributed by atoms with Gasteiger partial charge in [-0.2, -0.15) is 0 Å². The van der Waals surface area contributed by atoms with E-state index in [0.717, 1.165) is 0 Å². The summed E-state index contributed by atoms with van der Waals surface area (Å²) in [6.45, 7) is 4.04. The second-order valence-corrected chi connectivity index (χ2v) is 5.01. The number of ether oxygens (including phenoxy) is 1. The van der Waals surface area contributed by atoms with Crippen molar-refractivity contribution in [3.8, 4) is 5.75 Å². The van der Waals surface area contributed by atoms with Crippen molar-refractivity contribution in [2.45, 2.75) is 26.3 Å². The minimum absolute atomic E-state index is 0.232. The first-order valence-electron chi connectivity index (χ1n) is 5.84. The van der Waals surface area contributed by atoms with E-state index in [2.05, 4.69) is 5.32 Å². The van der Waals surface area contributed by atoms with Crippen LogP contribution in [0.5, 0.6) is 5.75 Å². The van der Waals surface area contributed by atoms with Gasteiger partial charge in [-0.1, -0.05) is 25.4 Å². The van der Waals surface area contributed by atoms with Crippen LogP contribution in [0.25, 0.3) is 0 Å². The summed E-state index contributed by atoms with van der Waals surface area (Å²) in [4.78, 5) is 11.9. The van der Waals surface area contributed by atoms with Crippen molar-refractivity contribution in [3.63, 3.8) is 0 Å². The van der Waals surface area contributed by atoms with Crippen LogP contribution in [-0.2, 0) is 4.79 Å². The summed E-state index contributed by atoms with van der Waals surface area (Å²) in [7, 11) is 1.53. The Labute approximate surface area is 112 Å². The Morgan fingerprint density at radius 1 is 1.50 bits per heavy atom. The average molecular weight is 271 g/mol. The molecule has 0 aliphatic heterocycles. The lowest BCUT2D eigenvalue weighted by molar-refractivity contribution is -0.117. The molecule has 0 spiro atoms. The van der Waals surface area contributed by atoms with Crippen LogP contribution in [0, 0.1) is 5.92 Å². The molecule has 0 saturated heterocycles. The molecule has 0 saturated carbocycles. The van der Waals surface area contributed by atoms with Crippen LogP contribution in [0.2, 0.25) is 5.02 Å². The van der Waals surface area contributed by atoms with Crippen molar-refractivity contribution in [2.75, 3.05) is 12.4 Å². The first kappa shape index (κ1) is 14.8. The third-order valence-electron chi connectivity index (χ3n) is 2.48. The van der Waals surface area contributed by atoms with Crippen LogP contribution in [0.15, 0.2) is 18.2 Å². The molecular formula is C13H19ClN2O2. The van der Waals surface area contributed by atoms with Crippen molar-refractivity contribution >= 4 is 23.2 Å². The molecule has 0 aliphatic rings. The number of halogens is 1. The van der Waals surface area contributed by atoms with Gasteiger partial charge in [-0.05, 0) is 30.5 Å². The summed E-state index contributed by atoms with van der Waals surface area (Å²) in [5.41, 5.74) is 6.35. The first-order valence-corrected chi connectivity index (χ1v) is 6.21. The maximum absolute atomic E-state index is 11.9. The maximum Gasteiger partial charge on any atom is 0.241 e. The molecule has 0 fully saturated rings. The first-order chi connectivity index (χ1) is 8.43. The van der Waals surface area contributed by atoms with Crippen molar-refractivity contribution in [3.05, 3.63) is 23.2 Å². The molecule has 18 heavy (non-hydrogen) atoms. The fourth-order valence-corrected chi connectivity index (χ4v) is 1.79. The molecule has 100 valence electrons. The SMILES string of the molecule is COc1ccc(Cl)cc1NC(=O)[C@H](N)CC(C)C. The zero-order valence-corrected chi connectivity index (χ0v) is 11.6. The standard InChI is InChI=1S/C13H19ClN2O2/c1-8(2)6-10(15)13(17)16-11-7-9(14)4-5-12(11)18-3/h4-5,7-8,10H,6,15H2,1-3H3,(H,16,17)/t10-/m1/s1. The number of nitrogens with two attached hydrogens (primary N) is 1. The summed E-state index contributed by atoms with van der Waals surface area (Å²) in [5, 5.41) is 3.27. The van der Waals surface area contributed by atoms with E-state index in [1.165, 1.54) is 7.11 Å². The topological polar surface area (TPSA) is 64.3 Å². The average Bonchev–Trinajstić information content (AvgIpc) is 2.28. The van der Waals surface area contributed by atoms with Crippen LogP contribution in [-0.4, -0.2) is 19.1 Å². The van der Waals surface area contributed by atoms with Crippen LogP contribution in [0.3, 0.4) is 0 Å². The van der Waals surface area contributed by atoms with Crippen molar-refractivity contribution in [1.82, 2.24) is 0 Å². The fraction of sp³-hybridized carbons (Fsp3) is 0.462. The number of carbonyl (C=O) groups is 1. The molecule has 0 bridgehead atoms. The van der Waals surface area contributed by atoms with Crippen molar-refractivity contribution < 1.29 is 9.53 Å². The van der Waals surface area contributed by atoms with E-state index in [4.69, 9.17) is 22.1 Å². The zero-order chi connectivity index (χ0) is 13.7. The molecule has 1 amide bonds. The van der Waals surface area contributed by atoms with Gasteiger partial charge in [-0.15, -0.1) is 0 Å². The predicted octanol–water partition coefficient (Wildman–Crippen LogP) is 2.66. The number of anilines is 1. The Kier molecular flexibility index (Phi) is 5.44. The summed E-state index contributed by atoms with van der Waals surface area (Å²) in [5.74, 6) is 0.695. The van der Waals surface area contributed by atoms with Crippen LogP contribution < -0.4 is 15.8 Å². The molecule has 3 N–H and O–H groups in total. The number of benzene rings is 1. The Morgan fingerprint density at radius 3 is 2.72 bits per heavy atom. The largest absolute Gasteiger partial charge is 0.495 e. The zero-order valence-electron chi connectivity index (χ0n) is 10.9. The van der Waals surface area contributed by atoms with Crippen molar-refractivity contribution in [2.24, 2.45) is 11.7 Å². The molecule has 4 nitrogen and oxygen atoms in total. The lowest BCUT2D eigenvalue weighted by Crippen LogP contribution is -2.36.